The average Bonchev–Trinajstić information content (AvgIpc) is 2.94. The van der Waals surface area contributed by atoms with Crippen molar-refractivity contribution in [3.63, 3.8) is 0 Å². The predicted octanol–water partition coefficient (Wildman–Crippen LogP) is 1.15. The molecule has 3 atom stereocenters. The molecule has 2 fully saturated rings. The van der Waals surface area contributed by atoms with Crippen LogP contribution in [-0.2, 0) is 4.79 Å². The molecule has 0 aromatic carbocycles. The van der Waals surface area contributed by atoms with Crippen molar-refractivity contribution in [3.8, 4) is 0 Å². The number of hydrogen-bond acceptors (Lipinski definition) is 3. The van der Waals surface area contributed by atoms with Crippen molar-refractivity contribution in [1.29, 1.82) is 0 Å². The van der Waals surface area contributed by atoms with Gasteiger partial charge >= 0.3 is 12.3 Å². The van der Waals surface area contributed by atoms with Gasteiger partial charge in [0, 0.05) is 19.6 Å². The van der Waals surface area contributed by atoms with Crippen LogP contribution in [0.4, 0.5) is 18.0 Å². The Bertz CT molecular complexity index is 443. The first kappa shape index (κ1) is 16.9. The van der Waals surface area contributed by atoms with Crippen LogP contribution in [-0.4, -0.2) is 70.5 Å². The number of piperidine rings is 1. The average molecular weight is 324 g/mol. The number of likely N-dealkylation sites (tertiary alicyclic amines) is 2. The number of amides is 2. The Kier molecular flexibility index (Phi) is 4.84. The number of halogens is 3. The van der Waals surface area contributed by atoms with Crippen LogP contribution in [0.5, 0.6) is 0 Å². The highest BCUT2D eigenvalue weighted by Gasteiger charge is 2.46. The minimum Gasteiger partial charge on any atom is -0.465 e. The van der Waals surface area contributed by atoms with Crippen molar-refractivity contribution >= 4 is 12.0 Å². The van der Waals surface area contributed by atoms with E-state index in [2.05, 4.69) is 0 Å². The normalized spacial score (nSPS) is 29.7. The van der Waals surface area contributed by atoms with Crippen molar-refractivity contribution in [1.82, 2.24) is 9.80 Å². The molecule has 0 aliphatic carbocycles. The molecule has 22 heavy (non-hydrogen) atoms. The Morgan fingerprint density at radius 1 is 1.18 bits per heavy atom. The third-order valence-corrected chi connectivity index (χ3v) is 4.48. The van der Waals surface area contributed by atoms with Crippen molar-refractivity contribution in [2.75, 3.05) is 26.2 Å². The maximum absolute atomic E-state index is 12.8. The number of rotatable bonds is 2. The van der Waals surface area contributed by atoms with E-state index >= 15 is 0 Å². The fourth-order valence-corrected chi connectivity index (χ4v) is 3.18. The summed E-state index contributed by atoms with van der Waals surface area (Å²) in [5.41, 5.74) is 0. The van der Waals surface area contributed by atoms with Crippen LogP contribution in [0.25, 0.3) is 0 Å². The van der Waals surface area contributed by atoms with Gasteiger partial charge in [0.05, 0.1) is 24.5 Å². The molecule has 2 saturated heterocycles. The smallest absolute Gasteiger partial charge is 0.407 e. The largest absolute Gasteiger partial charge is 0.465 e. The van der Waals surface area contributed by atoms with Crippen LogP contribution in [0.2, 0.25) is 0 Å². The molecule has 0 bridgehead atoms. The Labute approximate surface area is 125 Å². The zero-order valence-electron chi connectivity index (χ0n) is 11.9. The number of carbonyl (C=O) groups excluding carboxylic acids is 1. The van der Waals surface area contributed by atoms with E-state index in [4.69, 9.17) is 5.11 Å². The van der Waals surface area contributed by atoms with Crippen LogP contribution < -0.4 is 0 Å². The first-order valence-electron chi connectivity index (χ1n) is 7.20. The summed E-state index contributed by atoms with van der Waals surface area (Å²) < 4.78 is 38.3. The molecular weight excluding hydrogens is 305 g/mol. The van der Waals surface area contributed by atoms with E-state index < -0.39 is 36.8 Å². The molecule has 2 aliphatic rings. The second-order valence-corrected chi connectivity index (χ2v) is 5.85. The van der Waals surface area contributed by atoms with Gasteiger partial charge in [-0.05, 0) is 19.3 Å². The zero-order chi connectivity index (χ0) is 16.5. The predicted molar refractivity (Wildman–Crippen MR) is 69.1 cm³/mol. The molecule has 2 amide bonds. The lowest BCUT2D eigenvalue weighted by atomic mass is 9.89. The molecule has 0 spiro atoms. The number of hydrogen-bond donors (Lipinski definition) is 2. The SMILES string of the molecule is O=C(O)N1CCC(C(=O)N2CC[C@H](C(F)(F)F)C[C@H]2CO)C1. The molecule has 0 saturated carbocycles. The number of nitrogens with zero attached hydrogens (tertiary/aromatic N) is 2. The van der Waals surface area contributed by atoms with E-state index in [0.29, 0.717) is 6.42 Å². The molecule has 0 aromatic rings. The maximum Gasteiger partial charge on any atom is 0.407 e. The monoisotopic (exact) mass is 324 g/mol. The van der Waals surface area contributed by atoms with Gasteiger partial charge in [-0.15, -0.1) is 0 Å². The number of alkyl halides is 3. The van der Waals surface area contributed by atoms with Gasteiger partial charge in [0.15, 0.2) is 0 Å². The van der Waals surface area contributed by atoms with Crippen molar-refractivity contribution in [2.24, 2.45) is 11.8 Å². The van der Waals surface area contributed by atoms with E-state index in [-0.39, 0.29) is 38.4 Å². The van der Waals surface area contributed by atoms with Crippen LogP contribution in [0.1, 0.15) is 19.3 Å². The van der Waals surface area contributed by atoms with Crippen molar-refractivity contribution in [3.05, 3.63) is 0 Å². The van der Waals surface area contributed by atoms with Gasteiger partial charge < -0.3 is 20.0 Å². The Morgan fingerprint density at radius 2 is 1.86 bits per heavy atom. The van der Waals surface area contributed by atoms with E-state index in [9.17, 15) is 27.9 Å². The summed E-state index contributed by atoms with van der Waals surface area (Å²) >= 11 is 0. The van der Waals surface area contributed by atoms with Crippen LogP contribution >= 0.6 is 0 Å². The highest BCUT2D eigenvalue weighted by molar-refractivity contribution is 5.81. The topological polar surface area (TPSA) is 81.1 Å². The van der Waals surface area contributed by atoms with Crippen molar-refractivity contribution in [2.45, 2.75) is 31.5 Å². The Hall–Kier alpha value is -1.51. The van der Waals surface area contributed by atoms with Gasteiger partial charge in [-0.1, -0.05) is 0 Å². The Morgan fingerprint density at radius 3 is 2.36 bits per heavy atom. The molecule has 126 valence electrons. The molecule has 2 heterocycles. The molecule has 0 aromatic heterocycles. The quantitative estimate of drug-likeness (QED) is 0.798. The fourth-order valence-electron chi connectivity index (χ4n) is 3.18. The first-order chi connectivity index (χ1) is 10.2. The molecule has 0 radical (unpaired) electrons. The number of carboxylic acid groups (broad SMARTS) is 1. The number of aliphatic hydroxyl groups is 1. The molecule has 6 nitrogen and oxygen atoms in total. The lowest BCUT2D eigenvalue weighted by molar-refractivity contribution is -0.193. The summed E-state index contributed by atoms with van der Waals surface area (Å²) in [6.45, 7) is -0.272. The third-order valence-electron chi connectivity index (χ3n) is 4.48. The van der Waals surface area contributed by atoms with Gasteiger partial charge in [-0.3, -0.25) is 4.79 Å². The molecule has 1 unspecified atom stereocenters. The summed E-state index contributed by atoms with van der Waals surface area (Å²) in [6, 6.07) is -0.855. The first-order valence-corrected chi connectivity index (χ1v) is 7.20. The second-order valence-electron chi connectivity index (χ2n) is 5.85. The van der Waals surface area contributed by atoms with Gasteiger partial charge in [-0.2, -0.15) is 13.2 Å². The van der Waals surface area contributed by atoms with Gasteiger partial charge in [0.25, 0.3) is 0 Å². The maximum atomic E-state index is 12.8. The number of carbonyl (C=O) groups is 2. The third kappa shape index (κ3) is 3.45. The zero-order valence-corrected chi connectivity index (χ0v) is 11.9. The van der Waals surface area contributed by atoms with Gasteiger partial charge in [-0.25, -0.2) is 4.79 Å². The fraction of sp³-hybridized carbons (Fsp3) is 0.846. The summed E-state index contributed by atoms with van der Waals surface area (Å²) in [5, 5.41) is 18.2. The summed E-state index contributed by atoms with van der Waals surface area (Å²) in [5.74, 6) is -2.40. The summed E-state index contributed by atoms with van der Waals surface area (Å²) in [4.78, 5) is 25.7. The Balaban J connectivity index is 2.00. The van der Waals surface area contributed by atoms with E-state index in [1.807, 2.05) is 0 Å². The molecule has 2 rings (SSSR count). The highest BCUT2D eigenvalue weighted by Crippen LogP contribution is 2.37. The van der Waals surface area contributed by atoms with Crippen LogP contribution in [0.15, 0.2) is 0 Å². The summed E-state index contributed by atoms with van der Waals surface area (Å²) in [6.07, 6.45) is -5.55. The lowest BCUT2D eigenvalue weighted by Gasteiger charge is -2.40. The molecule has 2 N–H and O–H groups in total. The van der Waals surface area contributed by atoms with E-state index in [0.717, 1.165) is 4.90 Å². The van der Waals surface area contributed by atoms with Crippen LogP contribution in [0.3, 0.4) is 0 Å². The number of aliphatic hydroxyl groups excluding tert-OH is 1. The molecule has 2 aliphatic heterocycles. The van der Waals surface area contributed by atoms with E-state index in [1.165, 1.54) is 4.90 Å². The highest BCUT2D eigenvalue weighted by atomic mass is 19.4. The molecular formula is C13H19F3N2O4. The second kappa shape index (κ2) is 6.31. The van der Waals surface area contributed by atoms with E-state index in [1.54, 1.807) is 0 Å². The molecule has 9 heteroatoms. The van der Waals surface area contributed by atoms with Crippen LogP contribution in [0, 0.1) is 11.8 Å². The minimum absolute atomic E-state index is 0.0577. The lowest BCUT2D eigenvalue weighted by Crippen LogP contribution is -2.52. The standard InChI is InChI=1S/C13H19F3N2O4/c14-13(15,16)9-2-4-18(10(5-9)7-19)11(20)8-1-3-17(6-8)12(21)22/h8-10,19H,1-7H2,(H,21,22)/t8?,9-,10-/m0/s1. The van der Waals surface area contributed by atoms with Gasteiger partial charge in [0.1, 0.15) is 0 Å². The van der Waals surface area contributed by atoms with Gasteiger partial charge in [0.2, 0.25) is 5.91 Å². The van der Waals surface area contributed by atoms with Crippen molar-refractivity contribution < 1.29 is 33.0 Å². The minimum atomic E-state index is -4.32. The summed E-state index contributed by atoms with van der Waals surface area (Å²) in [7, 11) is 0.